The number of hydrogen-bond donors (Lipinski definition) is 1. The summed E-state index contributed by atoms with van der Waals surface area (Å²) >= 11 is 13.3. The van der Waals surface area contributed by atoms with Gasteiger partial charge in [-0.2, -0.15) is 0 Å². The van der Waals surface area contributed by atoms with E-state index in [1.54, 1.807) is 12.4 Å². The Morgan fingerprint density at radius 3 is 2.91 bits per heavy atom. The molecule has 1 saturated heterocycles. The number of nitrogens with two attached hydrogens (primary N) is 1. The number of para-hydroxylation sites is 1. The molecule has 2 N–H and O–H groups in total. The van der Waals surface area contributed by atoms with E-state index in [-0.39, 0.29) is 12.6 Å². The van der Waals surface area contributed by atoms with E-state index in [0.29, 0.717) is 33.7 Å². The average molecular weight is 498 g/mol. The van der Waals surface area contributed by atoms with Crippen LogP contribution in [0.15, 0.2) is 55.5 Å². The molecule has 0 bridgehead atoms. The van der Waals surface area contributed by atoms with Gasteiger partial charge in [0.25, 0.3) is 0 Å². The van der Waals surface area contributed by atoms with Gasteiger partial charge in [0, 0.05) is 54.4 Å². The van der Waals surface area contributed by atoms with E-state index in [1.807, 2.05) is 55.3 Å². The standard InChI is InChI=1S/C26H29Cl2N5O/c1-4-11-32(5-2)22-13-17(3)31-25-19(22)9-6-10-23(25)34-16-20-21(27)15-30-26(24(20)28)33-12-7-8-18(33)14-29/h4-6,9-11,13,15,18H,2,7-8,12,14,16,29H2,1,3H3/b11-4-/t18-/m0/s1. The first-order chi connectivity index (χ1) is 16.5. The molecular formula is C26H29Cl2N5O. The highest BCUT2D eigenvalue weighted by Crippen LogP contribution is 2.37. The second kappa shape index (κ2) is 10.6. The summed E-state index contributed by atoms with van der Waals surface area (Å²) in [6.07, 6.45) is 9.42. The number of halogens is 2. The van der Waals surface area contributed by atoms with Crippen LogP contribution in [0, 0.1) is 6.92 Å². The molecule has 0 amide bonds. The van der Waals surface area contributed by atoms with Crippen LogP contribution in [0.1, 0.15) is 31.0 Å². The maximum absolute atomic E-state index is 6.80. The lowest BCUT2D eigenvalue weighted by Gasteiger charge is -2.26. The second-order valence-corrected chi connectivity index (χ2v) is 9.03. The van der Waals surface area contributed by atoms with Crippen LogP contribution < -0.4 is 20.3 Å². The van der Waals surface area contributed by atoms with Crippen molar-refractivity contribution in [1.82, 2.24) is 9.97 Å². The summed E-state index contributed by atoms with van der Waals surface area (Å²) in [6, 6.07) is 8.14. The van der Waals surface area contributed by atoms with Crippen LogP contribution in [-0.4, -0.2) is 29.1 Å². The van der Waals surface area contributed by atoms with Crippen LogP contribution >= 0.6 is 23.2 Å². The van der Waals surface area contributed by atoms with E-state index in [1.165, 1.54) is 0 Å². The summed E-state index contributed by atoms with van der Waals surface area (Å²) in [7, 11) is 0. The van der Waals surface area contributed by atoms with Gasteiger partial charge in [0.05, 0.1) is 15.7 Å². The lowest BCUT2D eigenvalue weighted by Crippen LogP contribution is -2.36. The van der Waals surface area contributed by atoms with Crippen LogP contribution in [0.4, 0.5) is 11.5 Å². The van der Waals surface area contributed by atoms with Gasteiger partial charge in [0.2, 0.25) is 0 Å². The number of nitrogens with zero attached hydrogens (tertiary/aromatic N) is 4. The average Bonchev–Trinajstić information content (AvgIpc) is 3.31. The molecule has 8 heteroatoms. The zero-order chi connectivity index (χ0) is 24.2. The topological polar surface area (TPSA) is 67.5 Å². The van der Waals surface area contributed by atoms with Crippen molar-refractivity contribution < 1.29 is 4.74 Å². The maximum Gasteiger partial charge on any atom is 0.148 e. The fourth-order valence-corrected chi connectivity index (χ4v) is 4.95. The van der Waals surface area contributed by atoms with Crippen molar-refractivity contribution >= 4 is 45.6 Å². The van der Waals surface area contributed by atoms with Gasteiger partial charge in [0.15, 0.2) is 0 Å². The first-order valence-corrected chi connectivity index (χ1v) is 12.1. The molecule has 1 aliphatic heterocycles. The van der Waals surface area contributed by atoms with Gasteiger partial charge in [-0.3, -0.25) is 0 Å². The van der Waals surface area contributed by atoms with Gasteiger partial charge >= 0.3 is 0 Å². The van der Waals surface area contributed by atoms with Gasteiger partial charge in [-0.05, 0) is 38.8 Å². The Morgan fingerprint density at radius 1 is 1.35 bits per heavy atom. The lowest BCUT2D eigenvalue weighted by molar-refractivity contribution is 0.309. The van der Waals surface area contributed by atoms with Crippen LogP contribution in [0.25, 0.3) is 10.9 Å². The number of rotatable bonds is 8. The number of aryl methyl sites for hydroxylation is 1. The Labute approximate surface area is 210 Å². The van der Waals surface area contributed by atoms with Gasteiger partial charge in [0.1, 0.15) is 23.7 Å². The summed E-state index contributed by atoms with van der Waals surface area (Å²) < 4.78 is 6.26. The zero-order valence-electron chi connectivity index (χ0n) is 19.5. The number of ether oxygens (including phenoxy) is 1. The highest BCUT2D eigenvalue weighted by molar-refractivity contribution is 6.37. The molecule has 34 heavy (non-hydrogen) atoms. The minimum atomic E-state index is 0.193. The van der Waals surface area contributed by atoms with Crippen LogP contribution in [0.5, 0.6) is 5.75 Å². The van der Waals surface area contributed by atoms with Crippen molar-refractivity contribution in [2.45, 2.75) is 39.3 Å². The van der Waals surface area contributed by atoms with Crippen LogP contribution in [0.2, 0.25) is 10.0 Å². The molecule has 1 aromatic carbocycles. The molecular weight excluding hydrogens is 469 g/mol. The van der Waals surface area contributed by atoms with Crippen molar-refractivity contribution in [3.8, 4) is 5.75 Å². The molecule has 0 saturated carbocycles. The number of benzene rings is 1. The Balaban J connectivity index is 1.69. The van der Waals surface area contributed by atoms with Gasteiger partial charge in [-0.1, -0.05) is 48.0 Å². The minimum absolute atomic E-state index is 0.193. The van der Waals surface area contributed by atoms with Crippen molar-refractivity contribution in [2.24, 2.45) is 5.73 Å². The molecule has 1 aliphatic rings. The third kappa shape index (κ3) is 4.71. The van der Waals surface area contributed by atoms with Crippen molar-refractivity contribution in [1.29, 1.82) is 0 Å². The molecule has 3 heterocycles. The van der Waals surface area contributed by atoms with Crippen LogP contribution in [-0.2, 0) is 6.61 Å². The third-order valence-corrected chi connectivity index (χ3v) is 6.76. The van der Waals surface area contributed by atoms with Gasteiger partial charge in [-0.25, -0.2) is 9.97 Å². The number of fused-ring (bicyclic) bond motifs is 1. The molecule has 0 unspecified atom stereocenters. The Bertz CT molecular complexity index is 1230. The monoisotopic (exact) mass is 497 g/mol. The summed E-state index contributed by atoms with van der Waals surface area (Å²) in [5.41, 5.74) is 9.27. The summed E-state index contributed by atoms with van der Waals surface area (Å²) in [5, 5.41) is 1.92. The fraction of sp³-hybridized carbons (Fsp3) is 0.308. The number of allylic oxidation sites excluding steroid dienone is 1. The van der Waals surface area contributed by atoms with E-state index in [2.05, 4.69) is 16.5 Å². The highest BCUT2D eigenvalue weighted by atomic mass is 35.5. The third-order valence-electron chi connectivity index (χ3n) is 6.04. The Hall–Kier alpha value is -2.80. The predicted molar refractivity (Wildman–Crippen MR) is 142 cm³/mol. The molecule has 178 valence electrons. The summed E-state index contributed by atoms with van der Waals surface area (Å²) in [6.45, 7) is 9.49. The SMILES string of the molecule is C=CN(/C=C\C)c1cc(C)nc2c(OCc3c(Cl)cnc(N4CCC[C@H]4CN)c3Cl)cccc12. The van der Waals surface area contributed by atoms with Crippen molar-refractivity contribution in [3.63, 3.8) is 0 Å². The van der Waals surface area contributed by atoms with Crippen molar-refractivity contribution in [3.05, 3.63) is 76.8 Å². The van der Waals surface area contributed by atoms with Gasteiger partial charge in [-0.15, -0.1) is 0 Å². The molecule has 0 radical (unpaired) electrons. The normalized spacial score (nSPS) is 15.9. The molecule has 1 fully saturated rings. The predicted octanol–water partition coefficient (Wildman–Crippen LogP) is 6.24. The van der Waals surface area contributed by atoms with E-state index in [0.717, 1.165) is 41.7 Å². The summed E-state index contributed by atoms with van der Waals surface area (Å²) in [4.78, 5) is 13.4. The number of aromatic nitrogens is 2. The van der Waals surface area contributed by atoms with Gasteiger partial charge < -0.3 is 20.3 Å². The first kappa shape index (κ1) is 24.3. The molecule has 4 rings (SSSR count). The zero-order valence-corrected chi connectivity index (χ0v) is 21.0. The van der Waals surface area contributed by atoms with E-state index >= 15 is 0 Å². The van der Waals surface area contributed by atoms with E-state index in [9.17, 15) is 0 Å². The molecule has 6 nitrogen and oxygen atoms in total. The number of hydrogen-bond acceptors (Lipinski definition) is 6. The molecule has 3 aromatic rings. The first-order valence-electron chi connectivity index (χ1n) is 11.3. The summed E-state index contributed by atoms with van der Waals surface area (Å²) in [5.74, 6) is 1.36. The highest BCUT2D eigenvalue weighted by Gasteiger charge is 2.28. The maximum atomic E-state index is 6.80. The molecule has 1 atom stereocenters. The van der Waals surface area contributed by atoms with Crippen molar-refractivity contribution in [2.75, 3.05) is 22.9 Å². The lowest BCUT2D eigenvalue weighted by atomic mass is 10.1. The second-order valence-electron chi connectivity index (χ2n) is 8.24. The quantitative estimate of drug-likeness (QED) is 0.397. The van der Waals surface area contributed by atoms with E-state index in [4.69, 9.17) is 38.7 Å². The van der Waals surface area contributed by atoms with Crippen LogP contribution in [0.3, 0.4) is 0 Å². The van der Waals surface area contributed by atoms with E-state index < -0.39 is 0 Å². The largest absolute Gasteiger partial charge is 0.487 e. The smallest absolute Gasteiger partial charge is 0.148 e. The minimum Gasteiger partial charge on any atom is -0.487 e. The Morgan fingerprint density at radius 2 is 2.18 bits per heavy atom. The number of pyridine rings is 2. The molecule has 0 aliphatic carbocycles. The number of anilines is 2. The molecule has 0 spiro atoms. The fourth-order valence-electron chi connectivity index (χ4n) is 4.39. The molecule has 2 aromatic heterocycles. The Kier molecular flexibility index (Phi) is 7.61.